The Balaban J connectivity index is 1.66. The van der Waals surface area contributed by atoms with Crippen molar-refractivity contribution in [2.75, 3.05) is 10.6 Å². The lowest BCUT2D eigenvalue weighted by Crippen LogP contribution is -2.35. The van der Waals surface area contributed by atoms with Crippen molar-refractivity contribution in [1.29, 1.82) is 0 Å². The molecule has 1 amide bonds. The van der Waals surface area contributed by atoms with Crippen molar-refractivity contribution >= 4 is 49.3 Å². The lowest BCUT2D eigenvalue weighted by atomic mass is 10.0. The van der Waals surface area contributed by atoms with Crippen molar-refractivity contribution in [3.8, 4) is 0 Å². The molecule has 0 radical (unpaired) electrons. The van der Waals surface area contributed by atoms with Crippen LogP contribution < -0.4 is 10.6 Å². The van der Waals surface area contributed by atoms with Gasteiger partial charge in [0.05, 0.1) is 10.5 Å². The van der Waals surface area contributed by atoms with Gasteiger partial charge >= 0.3 is 6.18 Å². The van der Waals surface area contributed by atoms with Gasteiger partial charge in [0.2, 0.25) is 0 Å². The third-order valence-corrected chi connectivity index (χ3v) is 6.25. The number of nitrogens with one attached hydrogen (secondary N) is 2. The van der Waals surface area contributed by atoms with E-state index in [1.807, 2.05) is 19.1 Å². The summed E-state index contributed by atoms with van der Waals surface area (Å²) in [7, 11) is 0. The number of anilines is 2. The average molecular weight is 562 g/mol. The maximum Gasteiger partial charge on any atom is 0.410 e. The van der Waals surface area contributed by atoms with Crippen LogP contribution in [0.25, 0.3) is 0 Å². The molecule has 1 aromatic carbocycles. The number of hydrogen-bond acceptors (Lipinski definition) is 4. The van der Waals surface area contributed by atoms with Gasteiger partial charge in [-0.1, -0.05) is 19.1 Å². The third kappa shape index (κ3) is 4.38. The van der Waals surface area contributed by atoms with Gasteiger partial charge in [0.1, 0.15) is 11.6 Å². The van der Waals surface area contributed by atoms with Crippen LogP contribution in [0.4, 0.5) is 24.7 Å². The average Bonchev–Trinajstić information content (AvgIpc) is 3.31. The Labute approximate surface area is 192 Å². The van der Waals surface area contributed by atoms with Crippen molar-refractivity contribution in [3.63, 3.8) is 0 Å². The summed E-state index contributed by atoms with van der Waals surface area (Å²) in [5.74, 6) is -0.196. The van der Waals surface area contributed by atoms with E-state index in [1.165, 1.54) is 0 Å². The van der Waals surface area contributed by atoms with Gasteiger partial charge in [-0.3, -0.25) is 4.79 Å². The summed E-state index contributed by atoms with van der Waals surface area (Å²) >= 11 is 6.43. The van der Waals surface area contributed by atoms with E-state index in [0.29, 0.717) is 16.1 Å². The molecule has 3 aromatic rings. The maximum absolute atomic E-state index is 13.8. The zero-order valence-corrected chi connectivity index (χ0v) is 19.3. The molecule has 0 unspecified atom stereocenters. The molecule has 6 nitrogen and oxygen atoms in total. The summed E-state index contributed by atoms with van der Waals surface area (Å²) in [5, 5.41) is 9.69. The number of nitrogens with zero attached hydrogens (tertiary/aromatic N) is 2. The van der Waals surface area contributed by atoms with Gasteiger partial charge in [-0.05, 0) is 68.1 Å². The summed E-state index contributed by atoms with van der Waals surface area (Å²) in [4.78, 5) is 12.8. The lowest BCUT2D eigenvalue weighted by Gasteiger charge is -2.32. The minimum Gasteiger partial charge on any atom is -0.452 e. The summed E-state index contributed by atoms with van der Waals surface area (Å²) in [6, 6.07) is 7.78. The molecule has 2 atom stereocenters. The fourth-order valence-electron chi connectivity index (χ4n) is 3.45. The molecule has 2 aromatic heterocycles. The highest BCUT2D eigenvalue weighted by atomic mass is 79.9. The van der Waals surface area contributed by atoms with Crippen LogP contribution >= 0.6 is 31.9 Å². The standard InChI is InChI=1S/C20H17Br2F3N4O2/c1-2-10-3-5-11(6-4-10)26-19(30)17-16(22)18-27-12(13-7-8-15(21)31-13)9-14(20(23,24)25)29(18)28-17/h3-8,12,14,27H,2,9H2,1H3,(H,26,30)/t12-,14+/m1/s1. The van der Waals surface area contributed by atoms with Gasteiger partial charge in [0, 0.05) is 12.1 Å². The maximum atomic E-state index is 13.8. The Morgan fingerprint density at radius 3 is 2.55 bits per heavy atom. The van der Waals surface area contributed by atoms with E-state index in [2.05, 4.69) is 47.6 Å². The number of fused-ring (bicyclic) bond motifs is 1. The van der Waals surface area contributed by atoms with E-state index in [-0.39, 0.29) is 22.4 Å². The lowest BCUT2D eigenvalue weighted by molar-refractivity contribution is -0.174. The van der Waals surface area contributed by atoms with Crippen LogP contribution in [0.5, 0.6) is 0 Å². The molecule has 31 heavy (non-hydrogen) atoms. The molecule has 1 aliphatic heterocycles. The number of halogens is 5. The Kier molecular flexibility index (Phi) is 5.91. The second-order valence-corrected chi connectivity index (χ2v) is 8.67. The van der Waals surface area contributed by atoms with Crippen molar-refractivity contribution in [1.82, 2.24) is 9.78 Å². The van der Waals surface area contributed by atoms with Gasteiger partial charge in [-0.2, -0.15) is 18.3 Å². The van der Waals surface area contributed by atoms with Crippen LogP contribution in [0.2, 0.25) is 0 Å². The third-order valence-electron chi connectivity index (χ3n) is 5.07. The zero-order chi connectivity index (χ0) is 22.3. The number of benzene rings is 1. The number of aromatic nitrogens is 2. The molecule has 1 aliphatic rings. The highest BCUT2D eigenvalue weighted by molar-refractivity contribution is 9.10. The van der Waals surface area contributed by atoms with Crippen LogP contribution in [0.3, 0.4) is 0 Å². The molecule has 0 saturated heterocycles. The first-order chi connectivity index (χ1) is 14.7. The second-order valence-electron chi connectivity index (χ2n) is 7.09. The van der Waals surface area contributed by atoms with Gasteiger partial charge in [0.25, 0.3) is 5.91 Å². The SMILES string of the molecule is CCc1ccc(NC(=O)c2nn3c(c2Br)N[C@@H](c2ccc(Br)o2)C[C@H]3C(F)(F)F)cc1. The summed E-state index contributed by atoms with van der Waals surface area (Å²) in [6.45, 7) is 2.01. The number of furan rings is 1. The van der Waals surface area contributed by atoms with Crippen LogP contribution in [0.1, 0.15) is 47.2 Å². The first kappa shape index (κ1) is 21.9. The second kappa shape index (κ2) is 8.34. The Bertz CT molecular complexity index is 1110. The van der Waals surface area contributed by atoms with Crippen molar-refractivity contribution in [2.24, 2.45) is 0 Å². The van der Waals surface area contributed by atoms with Crippen LogP contribution in [0, 0.1) is 0 Å². The molecule has 0 spiro atoms. The zero-order valence-electron chi connectivity index (χ0n) is 16.1. The molecular weight excluding hydrogens is 545 g/mol. The molecule has 3 heterocycles. The highest BCUT2D eigenvalue weighted by Gasteiger charge is 2.48. The Hall–Kier alpha value is -2.27. The smallest absolute Gasteiger partial charge is 0.410 e. The largest absolute Gasteiger partial charge is 0.452 e. The monoisotopic (exact) mass is 560 g/mol. The highest BCUT2D eigenvalue weighted by Crippen LogP contribution is 2.46. The predicted octanol–water partition coefficient (Wildman–Crippen LogP) is 6.48. The Morgan fingerprint density at radius 1 is 1.26 bits per heavy atom. The molecule has 11 heteroatoms. The van der Waals surface area contributed by atoms with Crippen molar-refractivity contribution in [2.45, 2.75) is 38.0 Å². The number of hydrogen-bond donors (Lipinski definition) is 2. The fourth-order valence-corrected chi connectivity index (χ4v) is 4.33. The summed E-state index contributed by atoms with van der Waals surface area (Å²) in [5.41, 5.74) is 1.49. The summed E-state index contributed by atoms with van der Waals surface area (Å²) < 4.78 is 48.3. The first-order valence-corrected chi connectivity index (χ1v) is 11.0. The van der Waals surface area contributed by atoms with E-state index >= 15 is 0 Å². The van der Waals surface area contributed by atoms with E-state index in [0.717, 1.165) is 16.7 Å². The number of carbonyl (C=O) groups excluding carboxylic acids is 1. The molecule has 0 saturated carbocycles. The van der Waals surface area contributed by atoms with Crippen molar-refractivity contribution in [3.05, 3.63) is 62.6 Å². The number of aryl methyl sites for hydroxylation is 1. The normalized spacial score (nSPS) is 18.4. The predicted molar refractivity (Wildman–Crippen MR) is 116 cm³/mol. The molecular formula is C20H17Br2F3N4O2. The molecule has 0 bridgehead atoms. The number of amides is 1. The topological polar surface area (TPSA) is 72.1 Å². The Morgan fingerprint density at radius 2 is 1.97 bits per heavy atom. The molecule has 0 aliphatic carbocycles. The van der Waals surface area contributed by atoms with Gasteiger partial charge in [-0.25, -0.2) is 4.68 Å². The number of rotatable bonds is 4. The van der Waals surface area contributed by atoms with Crippen LogP contribution in [0.15, 0.2) is 50.0 Å². The first-order valence-electron chi connectivity index (χ1n) is 9.44. The summed E-state index contributed by atoms with van der Waals surface area (Å²) in [6.07, 6.45) is -4.04. The van der Waals surface area contributed by atoms with Gasteiger partial charge < -0.3 is 15.1 Å². The molecule has 0 fully saturated rings. The molecule has 4 rings (SSSR count). The van der Waals surface area contributed by atoms with E-state index < -0.39 is 24.2 Å². The molecule has 2 N–H and O–H groups in total. The molecule has 164 valence electrons. The van der Waals surface area contributed by atoms with E-state index in [1.54, 1.807) is 24.3 Å². The van der Waals surface area contributed by atoms with E-state index in [4.69, 9.17) is 4.42 Å². The van der Waals surface area contributed by atoms with Crippen LogP contribution in [-0.4, -0.2) is 21.9 Å². The minimum absolute atomic E-state index is 0.0672. The van der Waals surface area contributed by atoms with Gasteiger partial charge in [0.15, 0.2) is 16.4 Å². The van der Waals surface area contributed by atoms with Crippen molar-refractivity contribution < 1.29 is 22.4 Å². The van der Waals surface area contributed by atoms with E-state index in [9.17, 15) is 18.0 Å². The van der Waals surface area contributed by atoms with Gasteiger partial charge in [-0.15, -0.1) is 0 Å². The number of carbonyl (C=O) groups is 1. The minimum atomic E-state index is -4.56. The fraction of sp³-hybridized carbons (Fsp3) is 0.300. The quantitative estimate of drug-likeness (QED) is 0.382. The number of alkyl halides is 3. The van der Waals surface area contributed by atoms with Crippen LogP contribution in [-0.2, 0) is 6.42 Å².